The maximum Gasteiger partial charge on any atom is 0.240 e. The van der Waals surface area contributed by atoms with E-state index in [2.05, 4.69) is 23.4 Å². The summed E-state index contributed by atoms with van der Waals surface area (Å²) >= 11 is 0. The second kappa shape index (κ2) is 4.44. The van der Waals surface area contributed by atoms with Gasteiger partial charge in [0.2, 0.25) is 6.08 Å². The molecule has 2 aromatic rings. The standard InChI is InChI=1S/C13H14N2O2/c1-9(2)15-7-12(14-8-16)11-5-4-10(17-3)6-13(11)15/h4-7,9H,1-3H3. The Bertz CT molecular complexity index is 593. The number of carbonyl (C=O) groups excluding carboxylic acids is 1. The van der Waals surface area contributed by atoms with E-state index in [0.717, 1.165) is 16.7 Å². The average Bonchev–Trinajstić information content (AvgIpc) is 2.68. The van der Waals surface area contributed by atoms with Crippen LogP contribution in [0.4, 0.5) is 5.69 Å². The first kappa shape index (κ1) is 11.4. The van der Waals surface area contributed by atoms with Crippen molar-refractivity contribution in [2.45, 2.75) is 19.9 Å². The predicted octanol–water partition coefficient (Wildman–Crippen LogP) is 3.20. The largest absolute Gasteiger partial charge is 0.497 e. The average molecular weight is 230 g/mol. The normalized spacial score (nSPS) is 10.6. The van der Waals surface area contributed by atoms with Gasteiger partial charge in [0, 0.05) is 23.7 Å². The summed E-state index contributed by atoms with van der Waals surface area (Å²) < 4.78 is 7.27. The minimum Gasteiger partial charge on any atom is -0.497 e. The lowest BCUT2D eigenvalue weighted by atomic mass is 10.2. The van der Waals surface area contributed by atoms with Gasteiger partial charge < -0.3 is 9.30 Å². The Kier molecular flexibility index (Phi) is 2.98. The van der Waals surface area contributed by atoms with Crippen molar-refractivity contribution in [3.8, 4) is 5.75 Å². The number of hydrogen-bond donors (Lipinski definition) is 0. The third kappa shape index (κ3) is 1.95. The van der Waals surface area contributed by atoms with Crippen LogP contribution in [-0.4, -0.2) is 17.8 Å². The summed E-state index contributed by atoms with van der Waals surface area (Å²) in [5.74, 6) is 0.791. The van der Waals surface area contributed by atoms with Crippen molar-refractivity contribution in [1.82, 2.24) is 4.57 Å². The molecule has 4 heteroatoms. The molecule has 0 radical (unpaired) electrons. The van der Waals surface area contributed by atoms with Gasteiger partial charge in [-0.25, -0.2) is 4.79 Å². The van der Waals surface area contributed by atoms with Crippen molar-refractivity contribution in [2.24, 2.45) is 4.99 Å². The van der Waals surface area contributed by atoms with Gasteiger partial charge in [0.25, 0.3) is 0 Å². The molecule has 4 nitrogen and oxygen atoms in total. The van der Waals surface area contributed by atoms with Crippen LogP contribution >= 0.6 is 0 Å². The molecule has 88 valence electrons. The zero-order valence-electron chi connectivity index (χ0n) is 10.1. The molecule has 0 N–H and O–H groups in total. The molecule has 1 aromatic carbocycles. The first-order valence-corrected chi connectivity index (χ1v) is 5.44. The van der Waals surface area contributed by atoms with Gasteiger partial charge in [-0.05, 0) is 26.0 Å². The number of benzene rings is 1. The van der Waals surface area contributed by atoms with Gasteiger partial charge in [-0.2, -0.15) is 4.99 Å². The maximum absolute atomic E-state index is 10.4. The highest BCUT2D eigenvalue weighted by Crippen LogP contribution is 2.32. The van der Waals surface area contributed by atoms with E-state index in [1.165, 1.54) is 0 Å². The van der Waals surface area contributed by atoms with Crippen molar-refractivity contribution in [3.05, 3.63) is 24.4 Å². The quantitative estimate of drug-likeness (QED) is 0.600. The first-order valence-electron chi connectivity index (χ1n) is 5.44. The zero-order valence-corrected chi connectivity index (χ0v) is 10.1. The molecule has 0 fully saturated rings. The number of hydrogen-bond acceptors (Lipinski definition) is 3. The Balaban J connectivity index is 2.76. The third-order valence-corrected chi connectivity index (χ3v) is 2.74. The van der Waals surface area contributed by atoms with E-state index in [1.807, 2.05) is 24.4 Å². The van der Waals surface area contributed by atoms with Crippen LogP contribution in [0.3, 0.4) is 0 Å². The molecule has 0 saturated carbocycles. The minimum absolute atomic E-state index is 0.292. The number of aliphatic imine (C=N–C) groups is 1. The number of nitrogens with zero attached hydrogens (tertiary/aromatic N) is 2. The Morgan fingerprint density at radius 1 is 1.41 bits per heavy atom. The van der Waals surface area contributed by atoms with Gasteiger partial charge in [0.05, 0.1) is 12.6 Å². The highest BCUT2D eigenvalue weighted by atomic mass is 16.5. The SMILES string of the molecule is COc1ccc2c(N=C=O)cn(C(C)C)c2c1. The van der Waals surface area contributed by atoms with Crippen LogP contribution in [0.1, 0.15) is 19.9 Å². The number of fused-ring (bicyclic) bond motifs is 1. The topological polar surface area (TPSA) is 43.6 Å². The number of ether oxygens (including phenoxy) is 1. The molecular formula is C13H14N2O2. The molecule has 0 bridgehead atoms. The van der Waals surface area contributed by atoms with Gasteiger partial charge in [0.15, 0.2) is 0 Å². The Morgan fingerprint density at radius 3 is 2.76 bits per heavy atom. The van der Waals surface area contributed by atoms with Crippen LogP contribution in [-0.2, 0) is 4.79 Å². The van der Waals surface area contributed by atoms with E-state index in [0.29, 0.717) is 11.7 Å². The fourth-order valence-electron chi connectivity index (χ4n) is 1.90. The van der Waals surface area contributed by atoms with E-state index >= 15 is 0 Å². The van der Waals surface area contributed by atoms with Gasteiger partial charge in [-0.15, -0.1) is 0 Å². The van der Waals surface area contributed by atoms with Crippen LogP contribution in [0.2, 0.25) is 0 Å². The summed E-state index contributed by atoms with van der Waals surface area (Å²) in [4.78, 5) is 14.1. The molecule has 1 heterocycles. The predicted molar refractivity (Wildman–Crippen MR) is 66.7 cm³/mol. The molecule has 0 atom stereocenters. The van der Waals surface area contributed by atoms with Crippen molar-refractivity contribution in [2.75, 3.05) is 7.11 Å². The molecule has 2 rings (SSSR count). The lowest BCUT2D eigenvalue weighted by Gasteiger charge is -2.09. The smallest absolute Gasteiger partial charge is 0.240 e. The van der Waals surface area contributed by atoms with E-state index in [1.54, 1.807) is 13.2 Å². The fraction of sp³-hybridized carbons (Fsp3) is 0.308. The molecule has 0 saturated heterocycles. The van der Waals surface area contributed by atoms with Crippen molar-refractivity contribution < 1.29 is 9.53 Å². The summed E-state index contributed by atoms with van der Waals surface area (Å²) in [5, 5.41) is 0.933. The Morgan fingerprint density at radius 2 is 2.18 bits per heavy atom. The van der Waals surface area contributed by atoms with E-state index in [9.17, 15) is 4.79 Å². The Labute approximate surface area is 99.5 Å². The van der Waals surface area contributed by atoms with Crippen molar-refractivity contribution in [3.63, 3.8) is 0 Å². The van der Waals surface area contributed by atoms with Crippen LogP contribution in [0, 0.1) is 0 Å². The van der Waals surface area contributed by atoms with Crippen molar-refractivity contribution in [1.29, 1.82) is 0 Å². The highest BCUT2D eigenvalue weighted by molar-refractivity contribution is 5.93. The van der Waals surface area contributed by atoms with Crippen LogP contribution in [0.25, 0.3) is 10.9 Å². The number of rotatable bonds is 3. The van der Waals surface area contributed by atoms with E-state index < -0.39 is 0 Å². The molecule has 0 amide bonds. The molecule has 17 heavy (non-hydrogen) atoms. The Hall–Kier alpha value is -2.06. The third-order valence-electron chi connectivity index (χ3n) is 2.74. The van der Waals surface area contributed by atoms with Gasteiger partial charge >= 0.3 is 0 Å². The fourth-order valence-corrected chi connectivity index (χ4v) is 1.90. The number of aromatic nitrogens is 1. The molecule has 0 aliphatic heterocycles. The number of methoxy groups -OCH3 is 1. The lowest BCUT2D eigenvalue weighted by Crippen LogP contribution is -1.97. The van der Waals surface area contributed by atoms with Gasteiger partial charge in [-0.1, -0.05) is 0 Å². The molecule has 0 aliphatic rings. The highest BCUT2D eigenvalue weighted by Gasteiger charge is 2.10. The van der Waals surface area contributed by atoms with Gasteiger partial charge in [-0.3, -0.25) is 0 Å². The summed E-state index contributed by atoms with van der Waals surface area (Å²) in [6.45, 7) is 4.15. The molecule has 1 aromatic heterocycles. The summed E-state index contributed by atoms with van der Waals surface area (Å²) in [6, 6.07) is 6.00. The first-order chi connectivity index (χ1) is 8.17. The zero-order chi connectivity index (χ0) is 12.4. The summed E-state index contributed by atoms with van der Waals surface area (Å²) in [7, 11) is 1.63. The van der Waals surface area contributed by atoms with Gasteiger partial charge in [0.1, 0.15) is 11.4 Å². The second-order valence-corrected chi connectivity index (χ2v) is 4.10. The summed E-state index contributed by atoms with van der Waals surface area (Å²) in [5.41, 5.74) is 1.65. The monoisotopic (exact) mass is 230 g/mol. The number of isocyanates is 1. The van der Waals surface area contributed by atoms with Crippen LogP contribution in [0.5, 0.6) is 5.75 Å². The minimum atomic E-state index is 0.292. The molecule has 0 spiro atoms. The van der Waals surface area contributed by atoms with Crippen LogP contribution < -0.4 is 4.74 Å². The van der Waals surface area contributed by atoms with Crippen molar-refractivity contribution >= 4 is 22.7 Å². The van der Waals surface area contributed by atoms with E-state index in [-0.39, 0.29) is 0 Å². The molecule has 0 aliphatic carbocycles. The molecule has 0 unspecified atom stereocenters. The lowest BCUT2D eigenvalue weighted by molar-refractivity contribution is 0.415. The second-order valence-electron chi connectivity index (χ2n) is 4.10. The summed E-state index contributed by atoms with van der Waals surface area (Å²) in [6.07, 6.45) is 3.45. The van der Waals surface area contributed by atoms with Crippen LogP contribution in [0.15, 0.2) is 29.4 Å². The molecular weight excluding hydrogens is 216 g/mol. The maximum atomic E-state index is 10.4. The van der Waals surface area contributed by atoms with E-state index in [4.69, 9.17) is 4.74 Å².